The van der Waals surface area contributed by atoms with E-state index in [-0.39, 0.29) is 5.54 Å². The predicted molar refractivity (Wildman–Crippen MR) is 69.6 cm³/mol. The van der Waals surface area contributed by atoms with E-state index < -0.39 is 0 Å². The highest BCUT2D eigenvalue weighted by Crippen LogP contribution is 2.27. The van der Waals surface area contributed by atoms with Crippen LogP contribution in [0.25, 0.3) is 0 Å². The van der Waals surface area contributed by atoms with Crippen molar-refractivity contribution in [3.05, 3.63) is 11.6 Å². The van der Waals surface area contributed by atoms with Crippen molar-refractivity contribution < 1.29 is 4.74 Å². The second-order valence-electron chi connectivity index (χ2n) is 5.99. The van der Waals surface area contributed by atoms with E-state index in [1.165, 1.54) is 12.8 Å². The number of hydrogen-bond donors (Lipinski definition) is 1. The summed E-state index contributed by atoms with van der Waals surface area (Å²) in [6.45, 7) is 10.8. The smallest absolute Gasteiger partial charge is 0.0639 e. The van der Waals surface area contributed by atoms with Gasteiger partial charge in [0.1, 0.15) is 0 Å². The van der Waals surface area contributed by atoms with Gasteiger partial charge in [-0.25, -0.2) is 0 Å². The third-order valence-electron chi connectivity index (χ3n) is 3.26. The third kappa shape index (κ3) is 4.67. The lowest BCUT2D eigenvalue weighted by Crippen LogP contribution is -2.45. The van der Waals surface area contributed by atoms with Crippen molar-refractivity contribution in [1.29, 1.82) is 0 Å². The van der Waals surface area contributed by atoms with E-state index in [1.54, 1.807) is 12.7 Å². The molecule has 94 valence electrons. The zero-order chi connectivity index (χ0) is 12.2. The van der Waals surface area contributed by atoms with E-state index >= 15 is 0 Å². The average molecular weight is 225 g/mol. The monoisotopic (exact) mass is 225 g/mol. The molecule has 16 heavy (non-hydrogen) atoms. The van der Waals surface area contributed by atoms with Crippen LogP contribution in [0.15, 0.2) is 11.6 Å². The molecule has 1 N–H and O–H groups in total. The van der Waals surface area contributed by atoms with Gasteiger partial charge >= 0.3 is 0 Å². The number of ether oxygens (including phenoxy) is 1. The molecule has 0 saturated carbocycles. The van der Waals surface area contributed by atoms with Gasteiger partial charge < -0.3 is 10.1 Å². The molecule has 0 aromatic rings. The Morgan fingerprint density at radius 1 is 1.50 bits per heavy atom. The molecule has 0 heterocycles. The minimum absolute atomic E-state index is 0.0903. The van der Waals surface area contributed by atoms with Crippen LogP contribution in [0.4, 0.5) is 0 Å². The highest BCUT2D eigenvalue weighted by molar-refractivity contribution is 5.06. The molecular formula is C14H27NO. The van der Waals surface area contributed by atoms with Gasteiger partial charge in [0.05, 0.1) is 6.61 Å². The molecule has 0 spiro atoms. The molecule has 0 fully saturated rings. The van der Waals surface area contributed by atoms with Gasteiger partial charge in [-0.1, -0.05) is 18.6 Å². The first-order chi connectivity index (χ1) is 7.43. The maximum atomic E-state index is 5.21. The minimum Gasteiger partial charge on any atom is -0.383 e. The van der Waals surface area contributed by atoms with Gasteiger partial charge in [-0.15, -0.1) is 0 Å². The van der Waals surface area contributed by atoms with E-state index in [1.807, 2.05) is 0 Å². The van der Waals surface area contributed by atoms with Crippen LogP contribution in [0.2, 0.25) is 0 Å². The Hall–Kier alpha value is -0.340. The molecule has 0 saturated heterocycles. The van der Waals surface area contributed by atoms with E-state index in [9.17, 15) is 0 Å². The molecule has 0 amide bonds. The molecule has 0 aromatic heterocycles. The van der Waals surface area contributed by atoms with Crippen LogP contribution in [0.3, 0.4) is 0 Å². The van der Waals surface area contributed by atoms with Crippen LogP contribution in [0, 0.1) is 11.8 Å². The lowest BCUT2D eigenvalue weighted by Gasteiger charge is -2.31. The number of allylic oxidation sites excluding steroid dienone is 2. The Bertz CT molecular complexity index is 245. The molecule has 0 aliphatic heterocycles. The maximum absolute atomic E-state index is 5.21. The lowest BCUT2D eigenvalue weighted by molar-refractivity contribution is 0.124. The van der Waals surface area contributed by atoms with E-state index in [0.717, 1.165) is 25.0 Å². The molecule has 0 aromatic carbocycles. The van der Waals surface area contributed by atoms with Gasteiger partial charge in [0, 0.05) is 12.6 Å². The van der Waals surface area contributed by atoms with Gasteiger partial charge in [-0.05, 0) is 52.0 Å². The van der Waals surface area contributed by atoms with Crippen molar-refractivity contribution in [2.45, 2.75) is 46.1 Å². The summed E-state index contributed by atoms with van der Waals surface area (Å²) in [5, 5.41) is 3.62. The molecule has 0 radical (unpaired) electrons. The maximum Gasteiger partial charge on any atom is 0.0639 e. The largest absolute Gasteiger partial charge is 0.383 e. The average Bonchev–Trinajstić information content (AvgIpc) is 2.13. The van der Waals surface area contributed by atoms with Crippen LogP contribution < -0.4 is 5.32 Å². The fourth-order valence-electron chi connectivity index (χ4n) is 2.67. The predicted octanol–water partition coefficient (Wildman–Crippen LogP) is 2.99. The van der Waals surface area contributed by atoms with Crippen molar-refractivity contribution >= 4 is 0 Å². The van der Waals surface area contributed by atoms with Gasteiger partial charge in [-0.3, -0.25) is 0 Å². The Balaban J connectivity index is 2.36. The molecular weight excluding hydrogens is 198 g/mol. The molecule has 2 heteroatoms. The zero-order valence-corrected chi connectivity index (χ0v) is 11.5. The Kier molecular flexibility index (Phi) is 5.00. The minimum atomic E-state index is 0.0903. The summed E-state index contributed by atoms with van der Waals surface area (Å²) in [6.07, 6.45) is 4.98. The summed E-state index contributed by atoms with van der Waals surface area (Å²) in [5.74, 6) is 1.53. The van der Waals surface area contributed by atoms with Crippen molar-refractivity contribution in [3.63, 3.8) is 0 Å². The third-order valence-corrected chi connectivity index (χ3v) is 3.26. The number of methoxy groups -OCH3 is 1. The highest BCUT2D eigenvalue weighted by Gasteiger charge is 2.22. The molecule has 2 atom stereocenters. The number of hydrogen-bond acceptors (Lipinski definition) is 2. The van der Waals surface area contributed by atoms with Crippen LogP contribution in [0.5, 0.6) is 0 Å². The summed E-state index contributed by atoms with van der Waals surface area (Å²) >= 11 is 0. The van der Waals surface area contributed by atoms with Crippen LogP contribution in [-0.4, -0.2) is 25.8 Å². The van der Waals surface area contributed by atoms with E-state index in [2.05, 4.69) is 39.1 Å². The molecule has 1 aliphatic carbocycles. The second kappa shape index (κ2) is 5.83. The molecule has 2 nitrogen and oxygen atoms in total. The van der Waals surface area contributed by atoms with Crippen LogP contribution in [0.1, 0.15) is 40.5 Å². The second-order valence-corrected chi connectivity index (χ2v) is 5.99. The number of nitrogens with one attached hydrogen (secondary N) is 1. The SMILES string of the molecule is COCC(C)(C)NCC1CC(C)=CC(C)C1. The summed E-state index contributed by atoms with van der Waals surface area (Å²) in [6, 6.07) is 0. The molecule has 2 unspecified atom stereocenters. The number of rotatable bonds is 5. The normalized spacial score (nSPS) is 26.7. The van der Waals surface area contributed by atoms with Crippen LogP contribution in [-0.2, 0) is 4.74 Å². The molecule has 1 aliphatic rings. The molecule has 1 rings (SSSR count). The zero-order valence-electron chi connectivity index (χ0n) is 11.5. The van der Waals surface area contributed by atoms with Gasteiger partial charge in [0.15, 0.2) is 0 Å². The van der Waals surface area contributed by atoms with Crippen molar-refractivity contribution in [2.24, 2.45) is 11.8 Å². The Morgan fingerprint density at radius 2 is 2.19 bits per heavy atom. The van der Waals surface area contributed by atoms with Crippen molar-refractivity contribution in [1.82, 2.24) is 5.32 Å². The van der Waals surface area contributed by atoms with Gasteiger partial charge in [-0.2, -0.15) is 0 Å². The highest BCUT2D eigenvalue weighted by atomic mass is 16.5. The molecule has 0 bridgehead atoms. The quantitative estimate of drug-likeness (QED) is 0.726. The summed E-state index contributed by atoms with van der Waals surface area (Å²) in [5.41, 5.74) is 1.64. The lowest BCUT2D eigenvalue weighted by atomic mass is 9.83. The Morgan fingerprint density at radius 3 is 2.75 bits per heavy atom. The van der Waals surface area contributed by atoms with E-state index in [0.29, 0.717) is 0 Å². The fraction of sp³-hybridized carbons (Fsp3) is 0.857. The van der Waals surface area contributed by atoms with Gasteiger partial charge in [0.25, 0.3) is 0 Å². The van der Waals surface area contributed by atoms with E-state index in [4.69, 9.17) is 4.74 Å². The van der Waals surface area contributed by atoms with Crippen LogP contribution >= 0.6 is 0 Å². The Labute approximate surface area is 100 Å². The summed E-state index contributed by atoms with van der Waals surface area (Å²) in [7, 11) is 1.76. The first-order valence-corrected chi connectivity index (χ1v) is 6.34. The standard InChI is InChI=1S/C14H27NO/c1-11-6-12(2)8-13(7-11)9-15-14(3,4)10-16-5/h6,11,13,15H,7-10H2,1-5H3. The van der Waals surface area contributed by atoms with Crippen molar-refractivity contribution in [2.75, 3.05) is 20.3 Å². The van der Waals surface area contributed by atoms with Gasteiger partial charge in [0.2, 0.25) is 0 Å². The first kappa shape index (κ1) is 13.7. The summed E-state index contributed by atoms with van der Waals surface area (Å²) < 4.78 is 5.21. The van der Waals surface area contributed by atoms with Crippen molar-refractivity contribution in [3.8, 4) is 0 Å². The fourth-order valence-corrected chi connectivity index (χ4v) is 2.67. The first-order valence-electron chi connectivity index (χ1n) is 6.34. The topological polar surface area (TPSA) is 21.3 Å². The summed E-state index contributed by atoms with van der Waals surface area (Å²) in [4.78, 5) is 0.